The fourth-order valence-electron chi connectivity index (χ4n) is 3.45. The molecule has 134 valence electrons. The Morgan fingerprint density at radius 3 is 2.73 bits per heavy atom. The van der Waals surface area contributed by atoms with Crippen LogP contribution in [0.15, 0.2) is 53.5 Å². The minimum Gasteiger partial charge on any atom is -0.307 e. The molecule has 0 fully saturated rings. The Hall–Kier alpha value is -2.37. The lowest BCUT2D eigenvalue weighted by Gasteiger charge is -2.19. The van der Waals surface area contributed by atoms with E-state index in [9.17, 15) is 4.79 Å². The van der Waals surface area contributed by atoms with Gasteiger partial charge in [0.05, 0.1) is 10.7 Å². The van der Waals surface area contributed by atoms with E-state index < -0.39 is 5.72 Å². The molecule has 0 unspecified atom stereocenters. The Morgan fingerprint density at radius 2 is 1.92 bits per heavy atom. The van der Waals surface area contributed by atoms with Crippen LogP contribution >= 0.6 is 11.6 Å². The number of carbonyl (C=O) groups excluding carboxylic acids is 1. The molecule has 5 nitrogen and oxygen atoms in total. The quantitative estimate of drug-likeness (QED) is 0.810. The predicted octanol–water partition coefficient (Wildman–Crippen LogP) is 4.01. The van der Waals surface area contributed by atoms with E-state index in [1.165, 1.54) is 0 Å². The van der Waals surface area contributed by atoms with Crippen molar-refractivity contribution in [1.29, 1.82) is 0 Å². The van der Waals surface area contributed by atoms with E-state index in [4.69, 9.17) is 16.4 Å². The Bertz CT molecular complexity index is 883. The lowest BCUT2D eigenvalue weighted by Crippen LogP contribution is -2.41. The van der Waals surface area contributed by atoms with Gasteiger partial charge < -0.3 is 4.90 Å². The number of para-hydroxylation sites is 1. The SMILES string of the molecule is CCCCCN1C(=O)[C@@]2(N=C(c3ccccc3Cl)NO2)c2ccccc21. The zero-order valence-electron chi connectivity index (χ0n) is 14.5. The van der Waals surface area contributed by atoms with Gasteiger partial charge in [-0.05, 0) is 24.6 Å². The van der Waals surface area contributed by atoms with Crippen molar-refractivity contribution in [2.75, 3.05) is 11.4 Å². The van der Waals surface area contributed by atoms with Gasteiger partial charge in [-0.3, -0.25) is 4.79 Å². The first-order valence-corrected chi connectivity index (χ1v) is 9.25. The van der Waals surface area contributed by atoms with E-state index >= 15 is 0 Å². The number of hydroxylamine groups is 1. The highest BCUT2D eigenvalue weighted by molar-refractivity contribution is 6.34. The van der Waals surface area contributed by atoms with Crippen molar-refractivity contribution in [3.63, 3.8) is 0 Å². The average molecular weight is 370 g/mol. The standard InChI is InChI=1S/C20H20ClN3O2/c1-2-3-8-13-24-17-12-7-5-10-15(17)20(19(24)25)22-18(23-26-20)14-9-4-6-11-16(14)21/h4-7,9-12H,2-3,8,13H2,1H3,(H,22,23)/t20-/m1/s1. The number of halogens is 1. The van der Waals surface area contributed by atoms with Crippen LogP contribution in [0.1, 0.15) is 37.3 Å². The van der Waals surface area contributed by atoms with Crippen molar-refractivity contribution in [1.82, 2.24) is 5.48 Å². The van der Waals surface area contributed by atoms with Gasteiger partial charge in [-0.15, -0.1) is 0 Å². The molecule has 2 aliphatic rings. The maximum atomic E-state index is 13.3. The molecule has 6 heteroatoms. The number of hydrogen-bond acceptors (Lipinski definition) is 4. The lowest BCUT2D eigenvalue weighted by molar-refractivity contribution is -0.144. The van der Waals surface area contributed by atoms with Gasteiger partial charge >= 0.3 is 0 Å². The summed E-state index contributed by atoms with van der Waals surface area (Å²) in [5.74, 6) is 0.304. The number of amidine groups is 1. The molecule has 0 aliphatic carbocycles. The second kappa shape index (κ2) is 6.74. The Kier molecular flexibility index (Phi) is 4.42. The van der Waals surface area contributed by atoms with Crippen molar-refractivity contribution in [2.45, 2.75) is 31.9 Å². The summed E-state index contributed by atoms with van der Waals surface area (Å²) >= 11 is 6.28. The number of amides is 1. The molecule has 1 spiro atoms. The first-order chi connectivity index (χ1) is 12.7. The Morgan fingerprint density at radius 1 is 1.15 bits per heavy atom. The number of rotatable bonds is 5. The number of carbonyl (C=O) groups is 1. The molecule has 0 radical (unpaired) electrons. The van der Waals surface area contributed by atoms with E-state index in [1.807, 2.05) is 42.5 Å². The first-order valence-electron chi connectivity index (χ1n) is 8.87. The molecule has 2 heterocycles. The molecule has 0 bridgehead atoms. The van der Waals surface area contributed by atoms with Crippen LogP contribution in [0.3, 0.4) is 0 Å². The van der Waals surface area contributed by atoms with Gasteiger partial charge in [0.25, 0.3) is 11.6 Å². The van der Waals surface area contributed by atoms with Crippen molar-refractivity contribution < 1.29 is 9.63 Å². The molecule has 0 saturated carbocycles. The number of nitrogens with one attached hydrogen (secondary N) is 1. The molecule has 0 aromatic heterocycles. The predicted molar refractivity (Wildman–Crippen MR) is 102 cm³/mol. The third-order valence-electron chi connectivity index (χ3n) is 4.77. The zero-order chi connectivity index (χ0) is 18.1. The highest BCUT2D eigenvalue weighted by atomic mass is 35.5. The third kappa shape index (κ3) is 2.59. The van der Waals surface area contributed by atoms with Gasteiger partial charge in [-0.2, -0.15) is 0 Å². The van der Waals surface area contributed by atoms with Crippen LogP contribution in [0.2, 0.25) is 5.02 Å². The molecule has 2 aromatic rings. The molecule has 2 aliphatic heterocycles. The molecule has 4 rings (SSSR count). The van der Waals surface area contributed by atoms with Crippen LogP contribution in [0.25, 0.3) is 0 Å². The highest BCUT2D eigenvalue weighted by Gasteiger charge is 2.56. The molecule has 2 aromatic carbocycles. The van der Waals surface area contributed by atoms with Crippen LogP contribution in [-0.4, -0.2) is 18.3 Å². The Labute approximate surface area is 157 Å². The van der Waals surface area contributed by atoms with Crippen LogP contribution in [0, 0.1) is 0 Å². The maximum Gasteiger partial charge on any atom is 0.293 e. The molecule has 1 amide bonds. The number of hydrogen-bond donors (Lipinski definition) is 1. The van der Waals surface area contributed by atoms with Crippen LogP contribution in [0.5, 0.6) is 0 Å². The Balaban J connectivity index is 1.75. The summed E-state index contributed by atoms with van der Waals surface area (Å²) < 4.78 is 0. The molecular formula is C20H20ClN3O2. The number of aliphatic imine (C=N–C) groups is 1. The van der Waals surface area contributed by atoms with Gasteiger partial charge in [-0.1, -0.05) is 61.7 Å². The molecular weight excluding hydrogens is 350 g/mol. The van der Waals surface area contributed by atoms with E-state index in [-0.39, 0.29) is 5.91 Å². The molecule has 0 saturated heterocycles. The molecule has 1 atom stereocenters. The average Bonchev–Trinajstić information content (AvgIpc) is 3.20. The minimum atomic E-state index is -1.38. The van der Waals surface area contributed by atoms with Gasteiger partial charge in [0.2, 0.25) is 0 Å². The third-order valence-corrected chi connectivity index (χ3v) is 5.10. The van der Waals surface area contributed by atoms with Gasteiger partial charge in [-0.25, -0.2) is 15.3 Å². The number of nitrogens with zero attached hydrogens (tertiary/aromatic N) is 2. The monoisotopic (exact) mass is 369 g/mol. The van der Waals surface area contributed by atoms with Crippen molar-refractivity contribution in [3.05, 3.63) is 64.7 Å². The number of anilines is 1. The normalized spacial score (nSPS) is 21.1. The zero-order valence-corrected chi connectivity index (χ0v) is 15.3. The van der Waals surface area contributed by atoms with E-state index in [1.54, 1.807) is 11.0 Å². The van der Waals surface area contributed by atoms with Crippen molar-refractivity contribution in [2.24, 2.45) is 4.99 Å². The summed E-state index contributed by atoms with van der Waals surface area (Å²) in [6.45, 7) is 2.80. The van der Waals surface area contributed by atoms with Crippen molar-refractivity contribution >= 4 is 29.0 Å². The first kappa shape index (κ1) is 17.1. The number of unbranched alkanes of at least 4 members (excludes halogenated alkanes) is 2. The van der Waals surface area contributed by atoms with Gasteiger partial charge in [0.1, 0.15) is 0 Å². The minimum absolute atomic E-state index is 0.163. The van der Waals surface area contributed by atoms with Crippen LogP contribution < -0.4 is 10.4 Å². The topological polar surface area (TPSA) is 53.9 Å². The van der Waals surface area contributed by atoms with Gasteiger partial charge in [0.15, 0.2) is 5.84 Å². The summed E-state index contributed by atoms with van der Waals surface area (Å²) in [6.07, 6.45) is 3.12. The number of benzene rings is 2. The maximum absolute atomic E-state index is 13.3. The largest absolute Gasteiger partial charge is 0.307 e. The second-order valence-corrected chi connectivity index (χ2v) is 6.88. The van der Waals surface area contributed by atoms with Crippen LogP contribution in [-0.2, 0) is 15.4 Å². The summed E-state index contributed by atoms with van der Waals surface area (Å²) in [7, 11) is 0. The summed E-state index contributed by atoms with van der Waals surface area (Å²) in [5.41, 5.74) is 3.78. The fourth-order valence-corrected chi connectivity index (χ4v) is 3.67. The molecule has 1 N–H and O–H groups in total. The lowest BCUT2D eigenvalue weighted by atomic mass is 10.1. The summed E-state index contributed by atoms with van der Waals surface area (Å²) in [4.78, 5) is 25.5. The van der Waals surface area contributed by atoms with Crippen LogP contribution in [0.4, 0.5) is 5.69 Å². The number of fused-ring (bicyclic) bond motifs is 2. The van der Waals surface area contributed by atoms with E-state index in [0.717, 1.165) is 30.5 Å². The van der Waals surface area contributed by atoms with Gasteiger partial charge in [0, 0.05) is 17.7 Å². The fraction of sp³-hybridized carbons (Fsp3) is 0.300. The van der Waals surface area contributed by atoms with E-state index in [0.29, 0.717) is 23.0 Å². The summed E-state index contributed by atoms with van der Waals surface area (Å²) in [5, 5.41) is 0.554. The second-order valence-electron chi connectivity index (χ2n) is 6.47. The summed E-state index contributed by atoms with van der Waals surface area (Å²) in [6, 6.07) is 15.0. The molecule has 26 heavy (non-hydrogen) atoms. The highest BCUT2D eigenvalue weighted by Crippen LogP contribution is 2.45. The van der Waals surface area contributed by atoms with E-state index in [2.05, 4.69) is 17.4 Å². The van der Waals surface area contributed by atoms with Crippen molar-refractivity contribution in [3.8, 4) is 0 Å². The smallest absolute Gasteiger partial charge is 0.293 e.